The molecule has 20 heavy (non-hydrogen) atoms. The van der Waals surface area contributed by atoms with Gasteiger partial charge in [-0.2, -0.15) is 0 Å². The highest BCUT2D eigenvalue weighted by molar-refractivity contribution is 6.18. The van der Waals surface area contributed by atoms with Gasteiger partial charge in [0.05, 0.1) is 11.4 Å². The minimum absolute atomic E-state index is 0.187. The van der Waals surface area contributed by atoms with Crippen LogP contribution in [0.25, 0.3) is 0 Å². The first-order valence-electron chi connectivity index (χ1n) is 6.75. The lowest BCUT2D eigenvalue weighted by Gasteiger charge is -2.39. The SMILES string of the molecule is CC(=O)N1C(=O)C2(C=C(C)OC2C)Cc2ccccc21. The first kappa shape index (κ1) is 12.9. The molecule has 1 aromatic rings. The lowest BCUT2D eigenvalue weighted by molar-refractivity contribution is -0.134. The molecule has 4 heteroatoms. The number of carbonyl (C=O) groups excluding carboxylic acids is 2. The first-order chi connectivity index (χ1) is 9.45. The third-order valence-corrected chi connectivity index (χ3v) is 4.18. The lowest BCUT2D eigenvalue weighted by Crippen LogP contribution is -2.53. The van der Waals surface area contributed by atoms with Crippen LogP contribution in [0.1, 0.15) is 26.3 Å². The van der Waals surface area contributed by atoms with Gasteiger partial charge in [0.25, 0.3) is 0 Å². The zero-order chi connectivity index (χ0) is 14.5. The highest BCUT2D eigenvalue weighted by atomic mass is 16.5. The summed E-state index contributed by atoms with van der Waals surface area (Å²) in [5.41, 5.74) is 0.939. The average molecular weight is 271 g/mol. The Labute approximate surface area is 118 Å². The van der Waals surface area contributed by atoms with E-state index in [9.17, 15) is 9.59 Å². The molecule has 2 aliphatic heterocycles. The summed E-state index contributed by atoms with van der Waals surface area (Å²) in [7, 11) is 0. The standard InChI is InChI=1S/C16H17NO3/c1-10-8-16(11(2)20-10)9-13-6-4-5-7-14(13)17(12(3)18)15(16)19/h4-8,11H,9H2,1-3H3. The largest absolute Gasteiger partial charge is 0.494 e. The number of para-hydroxylation sites is 1. The number of amides is 2. The molecular weight excluding hydrogens is 254 g/mol. The Morgan fingerprint density at radius 3 is 2.70 bits per heavy atom. The molecule has 4 nitrogen and oxygen atoms in total. The van der Waals surface area contributed by atoms with E-state index in [-0.39, 0.29) is 17.9 Å². The average Bonchev–Trinajstić information content (AvgIpc) is 2.66. The molecule has 3 rings (SSSR count). The second-order valence-electron chi connectivity index (χ2n) is 5.52. The molecule has 0 bridgehead atoms. The van der Waals surface area contributed by atoms with Crippen LogP contribution < -0.4 is 4.90 Å². The van der Waals surface area contributed by atoms with Gasteiger partial charge in [0.15, 0.2) is 0 Å². The molecule has 0 fully saturated rings. The van der Waals surface area contributed by atoms with Crippen LogP contribution in [0.4, 0.5) is 5.69 Å². The molecule has 0 N–H and O–H groups in total. The number of allylic oxidation sites excluding steroid dienone is 1. The Bertz CT molecular complexity index is 634. The zero-order valence-corrected chi connectivity index (χ0v) is 11.8. The number of carbonyl (C=O) groups is 2. The summed E-state index contributed by atoms with van der Waals surface area (Å²) >= 11 is 0. The van der Waals surface area contributed by atoms with E-state index in [0.29, 0.717) is 12.1 Å². The molecule has 2 atom stereocenters. The summed E-state index contributed by atoms with van der Waals surface area (Å²) in [5, 5.41) is 0. The molecule has 104 valence electrons. The number of hydrogen-bond donors (Lipinski definition) is 0. The smallest absolute Gasteiger partial charge is 0.248 e. The predicted molar refractivity (Wildman–Crippen MR) is 75.1 cm³/mol. The van der Waals surface area contributed by atoms with Gasteiger partial charge in [-0.1, -0.05) is 18.2 Å². The highest BCUT2D eigenvalue weighted by Crippen LogP contribution is 2.46. The third-order valence-electron chi connectivity index (χ3n) is 4.18. The molecule has 2 amide bonds. The Kier molecular flexibility index (Phi) is 2.71. The maximum Gasteiger partial charge on any atom is 0.248 e. The summed E-state index contributed by atoms with van der Waals surface area (Å²) < 4.78 is 5.67. The molecule has 2 aliphatic rings. The number of ether oxygens (including phenoxy) is 1. The van der Waals surface area contributed by atoms with Crippen LogP contribution in [0, 0.1) is 5.41 Å². The summed E-state index contributed by atoms with van der Waals surface area (Å²) in [6.45, 7) is 5.15. The second kappa shape index (κ2) is 4.20. The molecule has 0 saturated carbocycles. The van der Waals surface area contributed by atoms with E-state index in [4.69, 9.17) is 4.74 Å². The molecule has 0 aliphatic carbocycles. The number of nitrogens with zero attached hydrogens (tertiary/aromatic N) is 1. The molecule has 1 aromatic carbocycles. The fourth-order valence-electron chi connectivity index (χ4n) is 3.23. The molecule has 2 heterocycles. The van der Waals surface area contributed by atoms with Crippen molar-refractivity contribution in [2.75, 3.05) is 4.90 Å². The second-order valence-corrected chi connectivity index (χ2v) is 5.52. The Morgan fingerprint density at radius 1 is 1.40 bits per heavy atom. The predicted octanol–water partition coefficient (Wildman–Crippen LogP) is 2.43. The van der Waals surface area contributed by atoms with Crippen LogP contribution in [0.3, 0.4) is 0 Å². The van der Waals surface area contributed by atoms with Crippen LogP contribution >= 0.6 is 0 Å². The minimum Gasteiger partial charge on any atom is -0.494 e. The van der Waals surface area contributed by atoms with E-state index in [1.54, 1.807) is 0 Å². The molecule has 2 unspecified atom stereocenters. The summed E-state index contributed by atoms with van der Waals surface area (Å²) in [5.74, 6) is 0.300. The van der Waals surface area contributed by atoms with Crippen molar-refractivity contribution >= 4 is 17.5 Å². The van der Waals surface area contributed by atoms with Crippen LogP contribution in [-0.2, 0) is 20.7 Å². The summed E-state index contributed by atoms with van der Waals surface area (Å²) in [6, 6.07) is 7.56. The third kappa shape index (κ3) is 1.60. The van der Waals surface area contributed by atoms with E-state index in [1.165, 1.54) is 11.8 Å². The monoisotopic (exact) mass is 271 g/mol. The molecule has 0 saturated heterocycles. The van der Waals surface area contributed by atoms with Crippen molar-refractivity contribution in [2.24, 2.45) is 5.41 Å². The van der Waals surface area contributed by atoms with Crippen molar-refractivity contribution in [1.82, 2.24) is 0 Å². The van der Waals surface area contributed by atoms with E-state index >= 15 is 0 Å². The van der Waals surface area contributed by atoms with Crippen molar-refractivity contribution < 1.29 is 14.3 Å². The molecule has 0 aromatic heterocycles. The van der Waals surface area contributed by atoms with Crippen molar-refractivity contribution in [3.8, 4) is 0 Å². The normalized spacial score (nSPS) is 28.1. The van der Waals surface area contributed by atoms with Gasteiger partial charge in [-0.15, -0.1) is 0 Å². The Morgan fingerprint density at radius 2 is 2.10 bits per heavy atom. The van der Waals surface area contributed by atoms with Gasteiger partial charge in [-0.25, -0.2) is 4.90 Å². The van der Waals surface area contributed by atoms with Crippen LogP contribution in [0.15, 0.2) is 36.1 Å². The van der Waals surface area contributed by atoms with Gasteiger partial charge in [0.2, 0.25) is 11.8 Å². The molecule has 1 spiro atoms. The van der Waals surface area contributed by atoms with Crippen molar-refractivity contribution in [3.05, 3.63) is 41.7 Å². The quantitative estimate of drug-likeness (QED) is 0.728. The van der Waals surface area contributed by atoms with Gasteiger partial charge in [-0.3, -0.25) is 9.59 Å². The highest BCUT2D eigenvalue weighted by Gasteiger charge is 2.53. The molecular formula is C16H17NO3. The number of fused-ring (bicyclic) bond motifs is 1. The van der Waals surface area contributed by atoms with Crippen molar-refractivity contribution in [1.29, 1.82) is 0 Å². The van der Waals surface area contributed by atoms with Gasteiger partial charge in [-0.05, 0) is 38.0 Å². The fourth-order valence-corrected chi connectivity index (χ4v) is 3.23. The van der Waals surface area contributed by atoms with Crippen molar-refractivity contribution in [2.45, 2.75) is 33.3 Å². The van der Waals surface area contributed by atoms with E-state index in [1.807, 2.05) is 44.2 Å². The van der Waals surface area contributed by atoms with Gasteiger partial charge in [0, 0.05) is 6.92 Å². The summed E-state index contributed by atoms with van der Waals surface area (Å²) in [4.78, 5) is 26.1. The summed E-state index contributed by atoms with van der Waals surface area (Å²) in [6.07, 6.45) is 2.18. The minimum atomic E-state index is -0.760. The maximum atomic E-state index is 12.9. The zero-order valence-electron chi connectivity index (χ0n) is 11.8. The number of benzene rings is 1. The van der Waals surface area contributed by atoms with Crippen LogP contribution in [0.2, 0.25) is 0 Å². The van der Waals surface area contributed by atoms with Gasteiger partial charge < -0.3 is 4.74 Å². The number of rotatable bonds is 0. The Balaban J connectivity index is 2.20. The fraction of sp³-hybridized carbons (Fsp3) is 0.375. The van der Waals surface area contributed by atoms with E-state index < -0.39 is 5.41 Å². The van der Waals surface area contributed by atoms with E-state index in [2.05, 4.69) is 0 Å². The molecule has 0 radical (unpaired) electrons. The number of hydrogen-bond acceptors (Lipinski definition) is 3. The lowest BCUT2D eigenvalue weighted by atomic mass is 9.73. The topological polar surface area (TPSA) is 46.6 Å². The first-order valence-corrected chi connectivity index (χ1v) is 6.75. The van der Waals surface area contributed by atoms with Crippen LogP contribution in [0.5, 0.6) is 0 Å². The van der Waals surface area contributed by atoms with Gasteiger partial charge >= 0.3 is 0 Å². The number of imide groups is 1. The maximum absolute atomic E-state index is 12.9. The van der Waals surface area contributed by atoms with Gasteiger partial charge in [0.1, 0.15) is 11.5 Å². The van der Waals surface area contributed by atoms with E-state index in [0.717, 1.165) is 11.3 Å². The number of anilines is 1. The van der Waals surface area contributed by atoms with Crippen molar-refractivity contribution in [3.63, 3.8) is 0 Å². The Hall–Kier alpha value is -2.10. The van der Waals surface area contributed by atoms with Crippen LogP contribution in [-0.4, -0.2) is 17.9 Å².